The van der Waals surface area contributed by atoms with Crippen molar-refractivity contribution >= 4 is 5.97 Å². The minimum Gasteiger partial charge on any atom is -0.465 e. The van der Waals surface area contributed by atoms with Crippen molar-refractivity contribution in [3.63, 3.8) is 0 Å². The van der Waals surface area contributed by atoms with Gasteiger partial charge in [-0.3, -0.25) is 0 Å². The van der Waals surface area contributed by atoms with Gasteiger partial charge in [-0.05, 0) is 78.6 Å². The van der Waals surface area contributed by atoms with Gasteiger partial charge < -0.3 is 4.74 Å². The highest BCUT2D eigenvalue weighted by atomic mass is 16.5. The SMILES string of the molecule is COC(=O)c1cc(C)c(Cc2ccc(C)c(C(C)C)c2)c(C)c1. The van der Waals surface area contributed by atoms with E-state index in [9.17, 15) is 4.79 Å². The Kier molecular flexibility index (Phi) is 5.25. The first-order chi connectivity index (χ1) is 10.8. The van der Waals surface area contributed by atoms with E-state index >= 15 is 0 Å². The Balaban J connectivity index is 2.37. The number of rotatable bonds is 4. The van der Waals surface area contributed by atoms with E-state index in [4.69, 9.17) is 4.74 Å². The van der Waals surface area contributed by atoms with Gasteiger partial charge in [0.25, 0.3) is 0 Å². The van der Waals surface area contributed by atoms with Crippen LogP contribution in [0.1, 0.15) is 63.5 Å². The molecule has 0 radical (unpaired) electrons. The number of esters is 1. The van der Waals surface area contributed by atoms with Crippen molar-refractivity contribution in [2.75, 3.05) is 7.11 Å². The van der Waals surface area contributed by atoms with Gasteiger partial charge in [-0.25, -0.2) is 4.79 Å². The van der Waals surface area contributed by atoms with Gasteiger partial charge in [-0.1, -0.05) is 32.0 Å². The highest BCUT2D eigenvalue weighted by molar-refractivity contribution is 5.90. The Morgan fingerprint density at radius 2 is 1.61 bits per heavy atom. The minimum atomic E-state index is -0.278. The molecule has 0 amide bonds. The first-order valence-corrected chi connectivity index (χ1v) is 8.11. The maximum absolute atomic E-state index is 11.7. The van der Waals surface area contributed by atoms with Crippen LogP contribution in [0.3, 0.4) is 0 Å². The Morgan fingerprint density at radius 1 is 1.00 bits per heavy atom. The number of aryl methyl sites for hydroxylation is 3. The van der Waals surface area contributed by atoms with E-state index in [0.29, 0.717) is 11.5 Å². The molecular weight excluding hydrogens is 284 g/mol. The zero-order chi connectivity index (χ0) is 17.1. The summed E-state index contributed by atoms with van der Waals surface area (Å²) in [5.41, 5.74) is 8.25. The molecule has 0 aliphatic carbocycles. The first-order valence-electron chi connectivity index (χ1n) is 8.11. The molecule has 0 saturated carbocycles. The number of hydrogen-bond donors (Lipinski definition) is 0. The van der Waals surface area contributed by atoms with E-state index in [1.165, 1.54) is 29.4 Å². The molecule has 2 rings (SSSR count). The van der Waals surface area contributed by atoms with Gasteiger partial charge in [0.1, 0.15) is 0 Å². The fourth-order valence-electron chi connectivity index (χ4n) is 3.13. The van der Waals surface area contributed by atoms with Crippen LogP contribution < -0.4 is 0 Å². The molecule has 2 aromatic carbocycles. The van der Waals surface area contributed by atoms with Crippen LogP contribution in [-0.4, -0.2) is 13.1 Å². The molecular formula is C21H26O2. The van der Waals surface area contributed by atoms with Crippen molar-refractivity contribution in [3.05, 3.63) is 69.3 Å². The number of carbonyl (C=O) groups excluding carboxylic acids is 1. The summed E-state index contributed by atoms with van der Waals surface area (Å²) < 4.78 is 4.82. The third-order valence-corrected chi connectivity index (χ3v) is 4.46. The zero-order valence-electron chi connectivity index (χ0n) is 15.0. The number of benzene rings is 2. The van der Waals surface area contributed by atoms with Gasteiger partial charge in [0, 0.05) is 0 Å². The number of ether oxygens (including phenoxy) is 1. The van der Waals surface area contributed by atoms with Crippen molar-refractivity contribution in [2.45, 2.75) is 47.0 Å². The highest BCUT2D eigenvalue weighted by Gasteiger charge is 2.12. The van der Waals surface area contributed by atoms with E-state index in [0.717, 1.165) is 17.5 Å². The van der Waals surface area contributed by atoms with Crippen LogP contribution in [0.4, 0.5) is 0 Å². The molecule has 2 aromatic rings. The van der Waals surface area contributed by atoms with Crippen LogP contribution in [0.2, 0.25) is 0 Å². The standard InChI is InChI=1S/C21H26O2/c1-13(2)19-11-17(8-7-14(19)3)12-20-15(4)9-18(10-16(20)5)21(22)23-6/h7-11,13H,12H2,1-6H3. The molecule has 0 bridgehead atoms. The second-order valence-corrected chi connectivity index (χ2v) is 6.60. The lowest BCUT2D eigenvalue weighted by Gasteiger charge is -2.15. The zero-order valence-corrected chi connectivity index (χ0v) is 15.0. The molecule has 0 heterocycles. The summed E-state index contributed by atoms with van der Waals surface area (Å²) in [6.45, 7) is 10.8. The summed E-state index contributed by atoms with van der Waals surface area (Å²) >= 11 is 0. The molecule has 23 heavy (non-hydrogen) atoms. The summed E-state index contributed by atoms with van der Waals surface area (Å²) in [4.78, 5) is 11.7. The lowest BCUT2D eigenvalue weighted by atomic mass is 9.90. The molecule has 2 heteroatoms. The Labute approximate surface area is 139 Å². The van der Waals surface area contributed by atoms with E-state index in [2.05, 4.69) is 52.8 Å². The van der Waals surface area contributed by atoms with Gasteiger partial charge in [-0.2, -0.15) is 0 Å². The highest BCUT2D eigenvalue weighted by Crippen LogP contribution is 2.25. The fourth-order valence-corrected chi connectivity index (χ4v) is 3.13. The summed E-state index contributed by atoms with van der Waals surface area (Å²) in [5, 5.41) is 0. The summed E-state index contributed by atoms with van der Waals surface area (Å²) in [6.07, 6.45) is 0.888. The van der Waals surface area contributed by atoms with Crippen LogP contribution in [0, 0.1) is 20.8 Å². The molecule has 122 valence electrons. The third-order valence-electron chi connectivity index (χ3n) is 4.46. The second-order valence-electron chi connectivity index (χ2n) is 6.60. The molecule has 0 aliphatic heterocycles. The van der Waals surface area contributed by atoms with Gasteiger partial charge in [0.2, 0.25) is 0 Å². The molecule has 0 fully saturated rings. The summed E-state index contributed by atoms with van der Waals surface area (Å²) in [7, 11) is 1.42. The monoisotopic (exact) mass is 310 g/mol. The average molecular weight is 310 g/mol. The Morgan fingerprint density at radius 3 is 2.13 bits per heavy atom. The predicted octanol–water partition coefficient (Wildman–Crippen LogP) is 5.11. The number of hydrogen-bond acceptors (Lipinski definition) is 2. The van der Waals surface area contributed by atoms with Crippen LogP contribution >= 0.6 is 0 Å². The normalized spacial score (nSPS) is 10.9. The molecule has 0 atom stereocenters. The number of methoxy groups -OCH3 is 1. The lowest BCUT2D eigenvalue weighted by molar-refractivity contribution is 0.0600. The Hall–Kier alpha value is -2.09. The van der Waals surface area contributed by atoms with Crippen LogP contribution in [0.5, 0.6) is 0 Å². The lowest BCUT2D eigenvalue weighted by Crippen LogP contribution is -2.05. The topological polar surface area (TPSA) is 26.3 Å². The Bertz CT molecular complexity index is 704. The summed E-state index contributed by atoms with van der Waals surface area (Å²) in [5.74, 6) is 0.249. The first kappa shape index (κ1) is 17.3. The molecule has 0 aromatic heterocycles. The van der Waals surface area contributed by atoms with E-state index in [1.807, 2.05) is 12.1 Å². The molecule has 2 nitrogen and oxygen atoms in total. The van der Waals surface area contributed by atoms with E-state index in [1.54, 1.807) is 0 Å². The van der Waals surface area contributed by atoms with Crippen molar-refractivity contribution in [2.24, 2.45) is 0 Å². The fraction of sp³-hybridized carbons (Fsp3) is 0.381. The minimum absolute atomic E-state index is 0.278. The van der Waals surface area contributed by atoms with E-state index < -0.39 is 0 Å². The molecule has 0 spiro atoms. The number of carbonyl (C=O) groups is 1. The van der Waals surface area contributed by atoms with Crippen molar-refractivity contribution in [3.8, 4) is 0 Å². The maximum Gasteiger partial charge on any atom is 0.337 e. The van der Waals surface area contributed by atoms with Gasteiger partial charge in [-0.15, -0.1) is 0 Å². The maximum atomic E-state index is 11.7. The van der Waals surface area contributed by atoms with Gasteiger partial charge >= 0.3 is 5.97 Å². The smallest absolute Gasteiger partial charge is 0.337 e. The predicted molar refractivity (Wildman–Crippen MR) is 95.3 cm³/mol. The van der Waals surface area contributed by atoms with Crippen LogP contribution in [0.25, 0.3) is 0 Å². The van der Waals surface area contributed by atoms with Gasteiger partial charge in [0.15, 0.2) is 0 Å². The van der Waals surface area contributed by atoms with E-state index in [-0.39, 0.29) is 5.97 Å². The van der Waals surface area contributed by atoms with Crippen molar-refractivity contribution in [1.82, 2.24) is 0 Å². The quantitative estimate of drug-likeness (QED) is 0.733. The van der Waals surface area contributed by atoms with Crippen LogP contribution in [-0.2, 0) is 11.2 Å². The molecule has 0 N–H and O–H groups in total. The second kappa shape index (κ2) is 6.99. The van der Waals surface area contributed by atoms with Crippen molar-refractivity contribution < 1.29 is 9.53 Å². The van der Waals surface area contributed by atoms with Crippen molar-refractivity contribution in [1.29, 1.82) is 0 Å². The summed E-state index contributed by atoms with van der Waals surface area (Å²) in [6, 6.07) is 10.6. The largest absolute Gasteiger partial charge is 0.465 e. The van der Waals surface area contributed by atoms with Gasteiger partial charge in [0.05, 0.1) is 12.7 Å². The molecule has 0 unspecified atom stereocenters. The average Bonchev–Trinajstić information content (AvgIpc) is 2.51. The third kappa shape index (κ3) is 3.82. The molecule has 0 saturated heterocycles. The van der Waals surface area contributed by atoms with Crippen LogP contribution in [0.15, 0.2) is 30.3 Å². The molecule has 0 aliphatic rings.